The standard InChI is InChI=1S/C12H18N2O3S/c1-3-4-10(11(15)16)13-12(17)14-7-5-9(18-2)6-8-14/h1,9-10H,4-8H2,2H3,(H,13,17)(H,15,16). The third kappa shape index (κ3) is 4.15. The zero-order valence-corrected chi connectivity index (χ0v) is 11.2. The maximum Gasteiger partial charge on any atom is 0.327 e. The molecule has 0 aliphatic carbocycles. The van der Waals surface area contributed by atoms with Crippen molar-refractivity contribution < 1.29 is 14.7 Å². The molecule has 1 aliphatic heterocycles. The lowest BCUT2D eigenvalue weighted by molar-refractivity contribution is -0.139. The number of likely N-dealkylation sites (tertiary alicyclic amines) is 1. The fraction of sp³-hybridized carbons (Fsp3) is 0.667. The molecule has 6 heteroatoms. The van der Waals surface area contributed by atoms with Crippen LogP contribution in [0.4, 0.5) is 4.79 Å². The molecule has 1 aliphatic rings. The summed E-state index contributed by atoms with van der Waals surface area (Å²) in [5.74, 6) is 1.16. The molecule has 1 rings (SSSR count). The second kappa shape index (κ2) is 7.17. The van der Waals surface area contributed by atoms with Crippen molar-refractivity contribution in [1.29, 1.82) is 0 Å². The van der Waals surface area contributed by atoms with E-state index in [2.05, 4.69) is 17.5 Å². The second-order valence-electron chi connectivity index (χ2n) is 4.17. The van der Waals surface area contributed by atoms with Crippen molar-refractivity contribution in [1.82, 2.24) is 10.2 Å². The van der Waals surface area contributed by atoms with Gasteiger partial charge in [-0.15, -0.1) is 12.3 Å². The highest BCUT2D eigenvalue weighted by Gasteiger charge is 2.25. The Morgan fingerprint density at radius 1 is 1.56 bits per heavy atom. The molecule has 1 atom stereocenters. The quantitative estimate of drug-likeness (QED) is 0.748. The van der Waals surface area contributed by atoms with Gasteiger partial charge in [0, 0.05) is 24.8 Å². The average molecular weight is 270 g/mol. The molecule has 0 saturated carbocycles. The van der Waals surface area contributed by atoms with Crippen LogP contribution in [-0.4, -0.2) is 52.6 Å². The number of aliphatic carboxylic acids is 1. The van der Waals surface area contributed by atoms with Crippen LogP contribution in [0.2, 0.25) is 0 Å². The third-order valence-electron chi connectivity index (χ3n) is 2.98. The Balaban J connectivity index is 2.45. The maximum absolute atomic E-state index is 11.9. The van der Waals surface area contributed by atoms with Gasteiger partial charge in [-0.1, -0.05) is 0 Å². The van der Waals surface area contributed by atoms with Crippen molar-refractivity contribution in [3.63, 3.8) is 0 Å². The zero-order chi connectivity index (χ0) is 13.5. The molecule has 100 valence electrons. The molecule has 2 amide bonds. The van der Waals surface area contributed by atoms with Crippen molar-refractivity contribution in [2.45, 2.75) is 30.6 Å². The van der Waals surface area contributed by atoms with Crippen LogP contribution in [0.5, 0.6) is 0 Å². The molecule has 1 heterocycles. The summed E-state index contributed by atoms with van der Waals surface area (Å²) in [6, 6.07) is -1.34. The Morgan fingerprint density at radius 3 is 2.61 bits per heavy atom. The van der Waals surface area contributed by atoms with Crippen molar-refractivity contribution in [3.05, 3.63) is 0 Å². The summed E-state index contributed by atoms with van der Waals surface area (Å²) in [5.41, 5.74) is 0. The number of nitrogens with zero attached hydrogens (tertiary/aromatic N) is 1. The van der Waals surface area contributed by atoms with E-state index in [9.17, 15) is 9.59 Å². The minimum atomic E-state index is -1.10. The Bertz CT molecular complexity index is 346. The molecule has 1 fully saturated rings. The highest BCUT2D eigenvalue weighted by molar-refractivity contribution is 7.99. The number of piperidine rings is 1. The van der Waals surface area contributed by atoms with Gasteiger partial charge in [0.05, 0.1) is 0 Å². The van der Waals surface area contributed by atoms with Crippen molar-refractivity contribution >= 4 is 23.8 Å². The number of amides is 2. The zero-order valence-electron chi connectivity index (χ0n) is 10.4. The SMILES string of the molecule is C#CCC(NC(=O)N1CCC(SC)CC1)C(=O)O. The number of rotatable bonds is 4. The van der Waals surface area contributed by atoms with Gasteiger partial charge in [0.15, 0.2) is 0 Å². The summed E-state index contributed by atoms with van der Waals surface area (Å²) in [6.45, 7) is 1.33. The van der Waals surface area contributed by atoms with Crippen LogP contribution in [-0.2, 0) is 4.79 Å². The van der Waals surface area contributed by atoms with Crippen LogP contribution in [0.15, 0.2) is 0 Å². The molecule has 0 radical (unpaired) electrons. The normalized spacial score (nSPS) is 17.9. The summed E-state index contributed by atoms with van der Waals surface area (Å²) < 4.78 is 0. The number of hydrogen-bond acceptors (Lipinski definition) is 3. The van der Waals surface area contributed by atoms with E-state index in [4.69, 9.17) is 11.5 Å². The first-order valence-electron chi connectivity index (χ1n) is 5.83. The maximum atomic E-state index is 11.9. The Labute approximate surface area is 111 Å². The lowest BCUT2D eigenvalue weighted by Gasteiger charge is -2.31. The smallest absolute Gasteiger partial charge is 0.327 e. The number of carbonyl (C=O) groups is 2. The fourth-order valence-corrected chi connectivity index (χ4v) is 2.54. The van der Waals surface area contributed by atoms with Gasteiger partial charge >= 0.3 is 12.0 Å². The summed E-state index contributed by atoms with van der Waals surface area (Å²) in [5, 5.41) is 12.0. The van der Waals surface area contributed by atoms with Crippen LogP contribution in [0.25, 0.3) is 0 Å². The minimum Gasteiger partial charge on any atom is -0.480 e. The first-order valence-corrected chi connectivity index (χ1v) is 7.11. The highest BCUT2D eigenvalue weighted by atomic mass is 32.2. The van der Waals surface area contributed by atoms with Crippen LogP contribution in [0.1, 0.15) is 19.3 Å². The van der Waals surface area contributed by atoms with E-state index in [1.54, 1.807) is 4.90 Å². The lowest BCUT2D eigenvalue weighted by atomic mass is 10.1. The topological polar surface area (TPSA) is 69.6 Å². The summed E-state index contributed by atoms with van der Waals surface area (Å²) in [6.07, 6.45) is 9.03. The minimum absolute atomic E-state index is 0.00233. The molecule has 1 unspecified atom stereocenters. The van der Waals surface area contributed by atoms with Gasteiger partial charge in [0.1, 0.15) is 6.04 Å². The summed E-state index contributed by atoms with van der Waals surface area (Å²) in [4.78, 5) is 24.4. The van der Waals surface area contributed by atoms with Gasteiger partial charge in [-0.25, -0.2) is 9.59 Å². The molecule has 1 saturated heterocycles. The number of terminal acetylenes is 1. The lowest BCUT2D eigenvalue weighted by Crippen LogP contribution is -2.50. The van der Waals surface area contributed by atoms with Gasteiger partial charge in [0.2, 0.25) is 0 Å². The first kappa shape index (κ1) is 14.7. The average Bonchev–Trinajstić information content (AvgIpc) is 2.38. The predicted octanol–water partition coefficient (Wildman–Crippen LogP) is 1.000. The van der Waals surface area contributed by atoms with Crippen molar-refractivity contribution in [2.75, 3.05) is 19.3 Å². The number of urea groups is 1. The molecule has 0 aromatic rings. The number of carboxylic acids is 1. The molecule has 5 nitrogen and oxygen atoms in total. The molecule has 18 heavy (non-hydrogen) atoms. The fourth-order valence-electron chi connectivity index (χ4n) is 1.85. The van der Waals surface area contributed by atoms with Crippen molar-refractivity contribution in [2.24, 2.45) is 0 Å². The monoisotopic (exact) mass is 270 g/mol. The van der Waals surface area contributed by atoms with Gasteiger partial charge in [-0.2, -0.15) is 11.8 Å². The van der Waals surface area contributed by atoms with E-state index >= 15 is 0 Å². The Kier molecular flexibility index (Phi) is 5.86. The molecular weight excluding hydrogens is 252 g/mol. The van der Waals surface area contributed by atoms with E-state index in [1.807, 2.05) is 11.8 Å². The number of thioether (sulfide) groups is 1. The van der Waals surface area contributed by atoms with E-state index in [1.165, 1.54) is 0 Å². The van der Waals surface area contributed by atoms with Crippen LogP contribution in [0.3, 0.4) is 0 Å². The molecule has 0 aromatic heterocycles. The van der Waals surface area contributed by atoms with Crippen LogP contribution in [0, 0.1) is 12.3 Å². The number of carbonyl (C=O) groups excluding carboxylic acids is 1. The molecule has 2 N–H and O–H groups in total. The molecule has 0 bridgehead atoms. The van der Waals surface area contributed by atoms with E-state index in [0.717, 1.165) is 12.8 Å². The Morgan fingerprint density at radius 2 is 2.17 bits per heavy atom. The van der Waals surface area contributed by atoms with Gasteiger partial charge in [0.25, 0.3) is 0 Å². The van der Waals surface area contributed by atoms with Gasteiger partial charge < -0.3 is 15.3 Å². The highest BCUT2D eigenvalue weighted by Crippen LogP contribution is 2.20. The van der Waals surface area contributed by atoms with E-state index < -0.39 is 12.0 Å². The van der Waals surface area contributed by atoms with Crippen molar-refractivity contribution in [3.8, 4) is 12.3 Å². The van der Waals surface area contributed by atoms with Gasteiger partial charge in [-0.3, -0.25) is 0 Å². The molecular formula is C12H18N2O3S. The number of carboxylic acid groups (broad SMARTS) is 1. The third-order valence-corrected chi connectivity index (χ3v) is 4.12. The number of hydrogen-bond donors (Lipinski definition) is 2. The van der Waals surface area contributed by atoms with Gasteiger partial charge in [-0.05, 0) is 19.1 Å². The Hall–Kier alpha value is -1.35. The molecule has 0 spiro atoms. The summed E-state index contributed by atoms with van der Waals surface area (Å²) >= 11 is 1.81. The largest absolute Gasteiger partial charge is 0.480 e. The predicted molar refractivity (Wildman–Crippen MR) is 71.5 cm³/mol. The second-order valence-corrected chi connectivity index (χ2v) is 5.31. The molecule has 0 aromatic carbocycles. The van der Waals surface area contributed by atoms with E-state index in [-0.39, 0.29) is 12.5 Å². The first-order chi connectivity index (χ1) is 8.58. The number of nitrogens with one attached hydrogen (secondary N) is 1. The van der Waals surface area contributed by atoms with E-state index in [0.29, 0.717) is 18.3 Å². The van der Waals surface area contributed by atoms with Crippen LogP contribution >= 0.6 is 11.8 Å². The van der Waals surface area contributed by atoms with Crippen LogP contribution < -0.4 is 5.32 Å². The summed E-state index contributed by atoms with van der Waals surface area (Å²) in [7, 11) is 0.